The van der Waals surface area contributed by atoms with Gasteiger partial charge in [0, 0.05) is 18.2 Å². The van der Waals surface area contributed by atoms with Gasteiger partial charge >= 0.3 is 6.18 Å². The molecular formula is C14H13BrF3N3. The van der Waals surface area contributed by atoms with Gasteiger partial charge in [0.1, 0.15) is 16.2 Å². The fourth-order valence-corrected chi connectivity index (χ4v) is 2.21. The van der Waals surface area contributed by atoms with Gasteiger partial charge in [0.2, 0.25) is 0 Å². The van der Waals surface area contributed by atoms with E-state index in [0.29, 0.717) is 28.4 Å². The molecule has 1 aromatic heterocycles. The molecule has 112 valence electrons. The molecule has 0 radical (unpaired) electrons. The number of benzene rings is 1. The van der Waals surface area contributed by atoms with Crippen molar-refractivity contribution in [2.75, 3.05) is 5.32 Å². The summed E-state index contributed by atoms with van der Waals surface area (Å²) in [6.45, 7) is 2.00. The lowest BCUT2D eigenvalue weighted by Crippen LogP contribution is -2.06. The lowest BCUT2D eigenvalue weighted by molar-refractivity contribution is -0.137. The molecule has 7 heteroatoms. The van der Waals surface area contributed by atoms with Gasteiger partial charge in [-0.2, -0.15) is 13.2 Å². The minimum absolute atomic E-state index is 0.331. The molecule has 0 amide bonds. The van der Waals surface area contributed by atoms with Crippen molar-refractivity contribution in [3.63, 3.8) is 0 Å². The number of nitrogens with one attached hydrogen (secondary N) is 1. The van der Waals surface area contributed by atoms with Crippen molar-refractivity contribution in [2.24, 2.45) is 0 Å². The van der Waals surface area contributed by atoms with E-state index in [1.807, 2.05) is 6.92 Å². The van der Waals surface area contributed by atoms with Crippen LogP contribution in [0.25, 0.3) is 0 Å². The third-order valence-corrected chi connectivity index (χ3v) is 3.08. The zero-order valence-corrected chi connectivity index (χ0v) is 12.8. The maximum atomic E-state index is 12.7. The maximum absolute atomic E-state index is 12.7. The Balaban J connectivity index is 2.26. The number of aromatic nitrogens is 2. The second-order valence-electron chi connectivity index (χ2n) is 4.45. The molecule has 0 saturated carbocycles. The lowest BCUT2D eigenvalue weighted by atomic mass is 10.2. The van der Waals surface area contributed by atoms with E-state index < -0.39 is 11.7 Å². The lowest BCUT2D eigenvalue weighted by Gasteiger charge is -2.11. The highest BCUT2D eigenvalue weighted by Gasteiger charge is 2.30. The highest BCUT2D eigenvalue weighted by Crippen LogP contribution is 2.31. The first-order chi connectivity index (χ1) is 9.88. The fraction of sp³-hybridized carbons (Fsp3) is 0.286. The van der Waals surface area contributed by atoms with E-state index in [0.717, 1.165) is 18.6 Å². The topological polar surface area (TPSA) is 37.8 Å². The summed E-state index contributed by atoms with van der Waals surface area (Å²) < 4.78 is 38.6. The van der Waals surface area contributed by atoms with Crippen LogP contribution in [0.15, 0.2) is 34.9 Å². The molecule has 0 spiro atoms. The Morgan fingerprint density at radius 3 is 2.62 bits per heavy atom. The van der Waals surface area contributed by atoms with Crippen molar-refractivity contribution < 1.29 is 13.2 Å². The van der Waals surface area contributed by atoms with E-state index >= 15 is 0 Å². The van der Waals surface area contributed by atoms with Gasteiger partial charge in [-0.3, -0.25) is 0 Å². The SMILES string of the molecule is CCCc1nc(Br)cc(Nc2cccc(C(F)(F)F)c2)n1. The van der Waals surface area contributed by atoms with E-state index in [1.165, 1.54) is 6.07 Å². The van der Waals surface area contributed by atoms with Crippen molar-refractivity contribution in [3.8, 4) is 0 Å². The molecule has 0 bridgehead atoms. The van der Waals surface area contributed by atoms with Gasteiger partial charge in [-0.15, -0.1) is 0 Å². The Kier molecular flexibility index (Phi) is 4.82. The Bertz CT molecular complexity index is 629. The van der Waals surface area contributed by atoms with E-state index in [1.54, 1.807) is 12.1 Å². The van der Waals surface area contributed by atoms with Crippen LogP contribution in [0.2, 0.25) is 0 Å². The molecule has 0 unspecified atom stereocenters. The van der Waals surface area contributed by atoms with Crippen LogP contribution in [0.3, 0.4) is 0 Å². The minimum Gasteiger partial charge on any atom is -0.340 e. The van der Waals surface area contributed by atoms with Crippen LogP contribution in [-0.2, 0) is 12.6 Å². The van der Waals surface area contributed by atoms with Gasteiger partial charge in [-0.25, -0.2) is 9.97 Å². The van der Waals surface area contributed by atoms with Crippen LogP contribution >= 0.6 is 15.9 Å². The van der Waals surface area contributed by atoms with Crippen molar-refractivity contribution in [3.05, 3.63) is 46.3 Å². The van der Waals surface area contributed by atoms with Crippen LogP contribution in [0, 0.1) is 0 Å². The van der Waals surface area contributed by atoms with Crippen LogP contribution in [-0.4, -0.2) is 9.97 Å². The molecule has 0 aliphatic rings. The quantitative estimate of drug-likeness (QED) is 0.784. The second kappa shape index (κ2) is 6.43. The van der Waals surface area contributed by atoms with Gasteiger partial charge in [0.25, 0.3) is 0 Å². The molecule has 1 aromatic carbocycles. The Morgan fingerprint density at radius 2 is 1.95 bits per heavy atom. The van der Waals surface area contributed by atoms with Crippen LogP contribution in [0.1, 0.15) is 24.7 Å². The Hall–Kier alpha value is -1.63. The third kappa shape index (κ3) is 4.42. The van der Waals surface area contributed by atoms with Crippen LogP contribution in [0.4, 0.5) is 24.7 Å². The first-order valence-corrected chi connectivity index (χ1v) is 7.15. The van der Waals surface area contributed by atoms with E-state index in [2.05, 4.69) is 31.2 Å². The summed E-state index contributed by atoms with van der Waals surface area (Å²) in [7, 11) is 0. The largest absolute Gasteiger partial charge is 0.416 e. The molecule has 0 fully saturated rings. The van der Waals surface area contributed by atoms with E-state index in [9.17, 15) is 13.2 Å². The maximum Gasteiger partial charge on any atom is 0.416 e. The monoisotopic (exact) mass is 359 g/mol. The molecule has 2 aromatic rings. The third-order valence-electron chi connectivity index (χ3n) is 2.68. The number of alkyl halides is 3. The predicted octanol–water partition coefficient (Wildman–Crippen LogP) is 4.95. The normalized spacial score (nSPS) is 11.5. The average Bonchev–Trinajstić information content (AvgIpc) is 2.37. The van der Waals surface area contributed by atoms with Crippen LogP contribution in [0.5, 0.6) is 0 Å². The number of anilines is 2. The number of hydrogen-bond acceptors (Lipinski definition) is 3. The smallest absolute Gasteiger partial charge is 0.340 e. The number of nitrogens with zero attached hydrogens (tertiary/aromatic N) is 2. The standard InChI is InChI=1S/C14H13BrF3N3/c1-2-4-12-20-11(15)8-13(21-12)19-10-6-3-5-9(7-10)14(16,17)18/h3,5-8H,2,4H2,1H3,(H,19,20,21). The summed E-state index contributed by atoms with van der Waals surface area (Å²) in [5.74, 6) is 1.10. The summed E-state index contributed by atoms with van der Waals surface area (Å²) in [6, 6.07) is 6.62. The fourth-order valence-electron chi connectivity index (χ4n) is 1.79. The number of hydrogen-bond donors (Lipinski definition) is 1. The summed E-state index contributed by atoms with van der Waals surface area (Å²) in [5, 5.41) is 2.87. The first kappa shape index (κ1) is 15.8. The highest BCUT2D eigenvalue weighted by molar-refractivity contribution is 9.10. The van der Waals surface area contributed by atoms with Crippen molar-refractivity contribution in [1.82, 2.24) is 9.97 Å². The zero-order valence-electron chi connectivity index (χ0n) is 11.2. The van der Waals surface area contributed by atoms with Crippen molar-refractivity contribution in [2.45, 2.75) is 25.9 Å². The Morgan fingerprint density at radius 1 is 1.19 bits per heavy atom. The molecule has 2 rings (SSSR count). The van der Waals surface area contributed by atoms with Gasteiger partial charge in [-0.1, -0.05) is 13.0 Å². The van der Waals surface area contributed by atoms with Gasteiger partial charge < -0.3 is 5.32 Å². The first-order valence-electron chi connectivity index (χ1n) is 6.36. The van der Waals surface area contributed by atoms with Crippen molar-refractivity contribution >= 4 is 27.4 Å². The molecule has 3 nitrogen and oxygen atoms in total. The van der Waals surface area contributed by atoms with Crippen molar-refractivity contribution in [1.29, 1.82) is 0 Å². The molecule has 21 heavy (non-hydrogen) atoms. The van der Waals surface area contributed by atoms with E-state index in [-0.39, 0.29) is 0 Å². The van der Waals surface area contributed by atoms with E-state index in [4.69, 9.17) is 0 Å². The second-order valence-corrected chi connectivity index (χ2v) is 5.26. The van der Waals surface area contributed by atoms with Gasteiger partial charge in [-0.05, 0) is 40.5 Å². The molecule has 0 saturated heterocycles. The summed E-state index contributed by atoms with van der Waals surface area (Å²) in [6.07, 6.45) is -2.77. The van der Waals surface area contributed by atoms with Gasteiger partial charge in [0.05, 0.1) is 5.56 Å². The number of rotatable bonds is 4. The molecule has 0 aliphatic heterocycles. The minimum atomic E-state index is -4.36. The summed E-state index contributed by atoms with van der Waals surface area (Å²) >= 11 is 3.27. The average molecular weight is 360 g/mol. The number of halogens is 4. The molecule has 0 aliphatic carbocycles. The summed E-state index contributed by atoms with van der Waals surface area (Å²) in [5.41, 5.74) is -0.368. The highest BCUT2D eigenvalue weighted by atomic mass is 79.9. The molecule has 0 atom stereocenters. The van der Waals surface area contributed by atoms with Crippen LogP contribution < -0.4 is 5.32 Å². The summed E-state index contributed by atoms with van der Waals surface area (Å²) in [4.78, 5) is 8.48. The molecule has 1 N–H and O–H groups in total. The predicted molar refractivity (Wildman–Crippen MR) is 78.5 cm³/mol. The molecular weight excluding hydrogens is 347 g/mol. The zero-order chi connectivity index (χ0) is 15.5. The Labute approximate surface area is 128 Å². The molecule has 1 heterocycles. The number of aryl methyl sites for hydroxylation is 1. The van der Waals surface area contributed by atoms with Gasteiger partial charge in [0.15, 0.2) is 0 Å².